The van der Waals surface area contributed by atoms with Gasteiger partial charge in [-0.3, -0.25) is 0 Å². The molecule has 0 aromatic heterocycles. The van der Waals surface area contributed by atoms with Crippen LogP contribution >= 0.6 is 0 Å². The van der Waals surface area contributed by atoms with Gasteiger partial charge in [0.25, 0.3) is 0 Å². The maximum atomic E-state index is 3.66. The molecule has 2 aliphatic carbocycles. The Hall–Kier alpha value is -3.78. The Labute approximate surface area is 235 Å². The molecule has 0 radical (unpaired) electrons. The normalized spacial score (nSPS) is 20.5. The number of hydrogen-bond acceptors (Lipinski definition) is 2. The number of nitrogens with one attached hydrogen (secondary N) is 1. The number of benzene rings is 3. The first-order valence-corrected chi connectivity index (χ1v) is 14.6. The van der Waals surface area contributed by atoms with Crippen molar-refractivity contribution in [2.45, 2.75) is 58.5 Å². The van der Waals surface area contributed by atoms with Crippen LogP contribution in [-0.2, 0) is 5.54 Å². The van der Waals surface area contributed by atoms with Crippen LogP contribution in [0.4, 0.5) is 11.4 Å². The van der Waals surface area contributed by atoms with Crippen LogP contribution in [0.5, 0.6) is 0 Å². The first kappa shape index (κ1) is 26.8. The highest BCUT2D eigenvalue weighted by molar-refractivity contribution is 5.70. The van der Waals surface area contributed by atoms with Gasteiger partial charge in [0.1, 0.15) is 0 Å². The maximum absolute atomic E-state index is 3.66. The zero-order chi connectivity index (χ0) is 27.2. The maximum Gasteiger partial charge on any atom is 0.0697 e. The van der Waals surface area contributed by atoms with E-state index in [2.05, 4.69) is 159 Å². The average molecular weight is 515 g/mol. The minimum Gasteiger partial charge on any atom is -0.378 e. The predicted octanol–water partition coefficient (Wildman–Crippen LogP) is 9.90. The molecule has 3 atom stereocenters. The highest BCUT2D eigenvalue weighted by atomic mass is 15.2. The largest absolute Gasteiger partial charge is 0.378 e. The highest BCUT2D eigenvalue weighted by Gasteiger charge is 2.37. The summed E-state index contributed by atoms with van der Waals surface area (Å²) >= 11 is 0. The fourth-order valence-electron chi connectivity index (χ4n) is 6.11. The second-order valence-electron chi connectivity index (χ2n) is 11.1. The van der Waals surface area contributed by atoms with Gasteiger partial charge in [-0.25, -0.2) is 0 Å². The molecule has 0 spiro atoms. The van der Waals surface area contributed by atoms with E-state index in [0.29, 0.717) is 17.9 Å². The van der Waals surface area contributed by atoms with Gasteiger partial charge in [-0.2, -0.15) is 0 Å². The second kappa shape index (κ2) is 11.9. The van der Waals surface area contributed by atoms with Crippen molar-refractivity contribution in [3.8, 4) is 11.1 Å². The lowest BCUT2D eigenvalue weighted by atomic mass is 9.81. The van der Waals surface area contributed by atoms with Crippen molar-refractivity contribution in [1.29, 1.82) is 0 Å². The Morgan fingerprint density at radius 3 is 2.05 bits per heavy atom. The van der Waals surface area contributed by atoms with E-state index >= 15 is 0 Å². The van der Waals surface area contributed by atoms with Crippen molar-refractivity contribution < 1.29 is 0 Å². The zero-order valence-corrected chi connectivity index (χ0v) is 23.8. The van der Waals surface area contributed by atoms with Crippen LogP contribution in [0.3, 0.4) is 0 Å². The molecule has 0 saturated heterocycles. The van der Waals surface area contributed by atoms with Gasteiger partial charge in [-0.1, -0.05) is 119 Å². The first-order chi connectivity index (χ1) is 19.0. The summed E-state index contributed by atoms with van der Waals surface area (Å²) in [5, 5.41) is 3.66. The van der Waals surface area contributed by atoms with Crippen LogP contribution in [0.15, 0.2) is 127 Å². The molecule has 2 nitrogen and oxygen atoms in total. The number of hydrogen-bond donors (Lipinski definition) is 1. The van der Waals surface area contributed by atoms with Gasteiger partial charge in [0, 0.05) is 17.1 Å². The van der Waals surface area contributed by atoms with Crippen LogP contribution in [0, 0.1) is 11.8 Å². The monoisotopic (exact) mass is 514 g/mol. The van der Waals surface area contributed by atoms with Gasteiger partial charge in [-0.15, -0.1) is 0 Å². The van der Waals surface area contributed by atoms with Gasteiger partial charge in [0.2, 0.25) is 0 Å². The molecule has 2 aliphatic rings. The topological polar surface area (TPSA) is 15.3 Å². The van der Waals surface area contributed by atoms with Crippen molar-refractivity contribution >= 4 is 11.4 Å². The fourth-order valence-corrected chi connectivity index (χ4v) is 6.11. The molecule has 1 N–H and O–H groups in total. The lowest BCUT2D eigenvalue weighted by molar-refractivity contribution is 0.392. The highest BCUT2D eigenvalue weighted by Crippen LogP contribution is 2.43. The molecule has 3 aromatic carbocycles. The van der Waals surface area contributed by atoms with Crippen LogP contribution in [-0.4, -0.2) is 6.04 Å². The SMILES string of the molecule is CCC(CC)(c1ccccc1)N(C1=CC(C)CC=C1)c1ccc(-c2ccc(NC3C=CC=CC3C)cc2)cc1. The molecule has 3 aromatic rings. The summed E-state index contributed by atoms with van der Waals surface area (Å²) < 4.78 is 0. The average Bonchev–Trinajstić information content (AvgIpc) is 2.98. The summed E-state index contributed by atoms with van der Waals surface area (Å²) in [5.41, 5.74) is 7.40. The molecule has 0 saturated carbocycles. The van der Waals surface area contributed by atoms with E-state index in [1.54, 1.807) is 0 Å². The van der Waals surface area contributed by atoms with Crippen molar-refractivity contribution in [3.63, 3.8) is 0 Å². The summed E-state index contributed by atoms with van der Waals surface area (Å²) in [4.78, 5) is 2.60. The van der Waals surface area contributed by atoms with E-state index in [1.807, 2.05) is 0 Å². The third-order valence-corrected chi connectivity index (χ3v) is 8.51. The molecule has 39 heavy (non-hydrogen) atoms. The third kappa shape index (κ3) is 5.66. The Balaban J connectivity index is 1.45. The van der Waals surface area contributed by atoms with E-state index in [4.69, 9.17) is 0 Å². The van der Waals surface area contributed by atoms with Crippen molar-refractivity contribution in [2.75, 3.05) is 10.2 Å². The van der Waals surface area contributed by atoms with E-state index in [9.17, 15) is 0 Å². The van der Waals surface area contributed by atoms with Gasteiger partial charge < -0.3 is 10.2 Å². The second-order valence-corrected chi connectivity index (χ2v) is 11.1. The molecule has 2 heteroatoms. The summed E-state index contributed by atoms with van der Waals surface area (Å²) in [5.74, 6) is 1.01. The summed E-state index contributed by atoms with van der Waals surface area (Å²) in [6.45, 7) is 9.21. The van der Waals surface area contributed by atoms with Crippen LogP contribution in [0.25, 0.3) is 11.1 Å². The van der Waals surface area contributed by atoms with Crippen molar-refractivity contribution in [3.05, 3.63) is 133 Å². The van der Waals surface area contributed by atoms with Gasteiger partial charge >= 0.3 is 0 Å². The Morgan fingerprint density at radius 2 is 1.44 bits per heavy atom. The number of allylic oxidation sites excluding steroid dienone is 5. The molecule has 0 aliphatic heterocycles. The van der Waals surface area contributed by atoms with Crippen LogP contribution < -0.4 is 10.2 Å². The van der Waals surface area contributed by atoms with E-state index in [-0.39, 0.29) is 5.54 Å². The first-order valence-electron chi connectivity index (χ1n) is 14.6. The Kier molecular flexibility index (Phi) is 8.21. The molecule has 5 rings (SSSR count). The van der Waals surface area contributed by atoms with Crippen molar-refractivity contribution in [1.82, 2.24) is 0 Å². The minimum absolute atomic E-state index is 0.122. The lowest BCUT2D eigenvalue weighted by Gasteiger charge is -2.46. The molecule has 200 valence electrons. The number of anilines is 2. The number of nitrogens with zero attached hydrogens (tertiary/aromatic N) is 1. The van der Waals surface area contributed by atoms with E-state index in [0.717, 1.165) is 24.9 Å². The molecular formula is C37H42N2. The van der Waals surface area contributed by atoms with Crippen LogP contribution in [0.1, 0.15) is 52.5 Å². The summed E-state index contributed by atoms with van der Waals surface area (Å²) in [6, 6.07) is 29.4. The predicted molar refractivity (Wildman–Crippen MR) is 169 cm³/mol. The van der Waals surface area contributed by atoms with Crippen molar-refractivity contribution in [2.24, 2.45) is 11.8 Å². The molecule has 0 bridgehead atoms. The fraction of sp³-hybridized carbons (Fsp3) is 0.297. The zero-order valence-electron chi connectivity index (χ0n) is 23.8. The number of rotatable bonds is 9. The van der Waals surface area contributed by atoms with E-state index < -0.39 is 0 Å². The smallest absolute Gasteiger partial charge is 0.0697 e. The molecule has 0 heterocycles. The molecule has 0 amide bonds. The molecule has 3 unspecified atom stereocenters. The van der Waals surface area contributed by atoms with Crippen LogP contribution in [0.2, 0.25) is 0 Å². The van der Waals surface area contributed by atoms with E-state index in [1.165, 1.54) is 28.1 Å². The standard InChI is InChI=1S/C37H42N2/c1-5-37(6-2,32-15-8-7-9-16-32)39(35-17-12-13-28(3)27-35)34-25-21-31(22-26-34)30-19-23-33(24-20-30)38-36-18-11-10-14-29(36)4/h7-12,14-29,36,38H,5-6,13H2,1-4H3. The van der Waals surface area contributed by atoms with Gasteiger partial charge in [-0.05, 0) is 78.1 Å². The summed E-state index contributed by atoms with van der Waals surface area (Å²) in [7, 11) is 0. The Bertz CT molecular complexity index is 1340. The van der Waals surface area contributed by atoms with Gasteiger partial charge in [0.15, 0.2) is 0 Å². The molecule has 0 fully saturated rings. The van der Waals surface area contributed by atoms with Gasteiger partial charge in [0.05, 0.1) is 11.6 Å². The third-order valence-electron chi connectivity index (χ3n) is 8.51. The Morgan fingerprint density at radius 1 is 0.795 bits per heavy atom. The summed E-state index contributed by atoms with van der Waals surface area (Å²) in [6.07, 6.45) is 19.0. The quantitative estimate of drug-likeness (QED) is 0.306. The molecular weight excluding hydrogens is 472 g/mol. The minimum atomic E-state index is -0.122. The lowest BCUT2D eigenvalue weighted by Crippen LogP contribution is -2.45.